The third-order valence-corrected chi connectivity index (χ3v) is 4.92. The monoisotopic (exact) mass is 382 g/mol. The van der Waals surface area contributed by atoms with Crippen LogP contribution in [0.25, 0.3) is 10.9 Å². The van der Waals surface area contributed by atoms with Crippen LogP contribution in [0, 0.1) is 0 Å². The number of urea groups is 1. The fourth-order valence-electron chi connectivity index (χ4n) is 3.38. The average molecular weight is 383 g/mol. The lowest BCUT2D eigenvalue weighted by Crippen LogP contribution is -2.45. The maximum absolute atomic E-state index is 12.4. The van der Waals surface area contributed by atoms with Crippen molar-refractivity contribution < 1.29 is 9.59 Å². The number of carbonyl (C=O) groups is 2. The second-order valence-electron chi connectivity index (χ2n) is 6.52. The maximum atomic E-state index is 12.4. The molecule has 0 unspecified atom stereocenters. The van der Waals surface area contributed by atoms with Crippen molar-refractivity contribution in [3.8, 4) is 0 Å². The molecule has 2 aromatic carbocycles. The zero-order valence-corrected chi connectivity index (χ0v) is 15.3. The van der Waals surface area contributed by atoms with Crippen molar-refractivity contribution in [1.82, 2.24) is 15.2 Å². The predicted molar refractivity (Wildman–Crippen MR) is 106 cm³/mol. The van der Waals surface area contributed by atoms with Crippen molar-refractivity contribution >= 4 is 40.1 Å². The molecule has 1 aliphatic heterocycles. The van der Waals surface area contributed by atoms with Gasteiger partial charge in [0.15, 0.2) is 0 Å². The van der Waals surface area contributed by atoms with Crippen LogP contribution in [-0.4, -0.2) is 34.9 Å². The quantitative estimate of drug-likeness (QED) is 0.648. The number of carbonyl (C=O) groups excluding carboxylic acids is 2. The first-order valence-corrected chi connectivity index (χ1v) is 9.14. The average Bonchev–Trinajstić information content (AvgIpc) is 3.04. The molecule has 7 heteroatoms. The van der Waals surface area contributed by atoms with Gasteiger partial charge in [0.05, 0.1) is 13.1 Å². The largest absolute Gasteiger partial charge is 0.357 e. The van der Waals surface area contributed by atoms with Crippen LogP contribution in [0.5, 0.6) is 0 Å². The van der Waals surface area contributed by atoms with Gasteiger partial charge >= 0.3 is 6.03 Å². The van der Waals surface area contributed by atoms with Crippen molar-refractivity contribution in [3.05, 3.63) is 64.8 Å². The molecular formula is C20H19ClN4O2. The molecule has 0 atom stereocenters. The Kier molecular flexibility index (Phi) is 4.73. The normalized spacial score (nSPS) is 13.3. The molecule has 27 heavy (non-hydrogen) atoms. The van der Waals surface area contributed by atoms with E-state index >= 15 is 0 Å². The highest BCUT2D eigenvalue weighted by atomic mass is 35.5. The lowest BCUT2D eigenvalue weighted by Gasteiger charge is -2.27. The number of nitrogens with one attached hydrogen (secondary N) is 3. The van der Waals surface area contributed by atoms with Crippen molar-refractivity contribution in [2.24, 2.45) is 0 Å². The van der Waals surface area contributed by atoms with E-state index in [2.05, 4.69) is 15.6 Å². The molecule has 3 aromatic rings. The van der Waals surface area contributed by atoms with Crippen LogP contribution in [0.4, 0.5) is 10.5 Å². The minimum absolute atomic E-state index is 0.0700. The minimum Gasteiger partial charge on any atom is -0.357 e. The van der Waals surface area contributed by atoms with Gasteiger partial charge in [-0.15, -0.1) is 0 Å². The molecule has 138 valence electrons. The summed E-state index contributed by atoms with van der Waals surface area (Å²) in [5.74, 6) is -0.257. The zero-order chi connectivity index (χ0) is 18.8. The number of aromatic amines is 1. The number of hydrogen-bond acceptors (Lipinski definition) is 2. The Labute approximate surface area is 161 Å². The SMILES string of the molecule is O=C(CNC(=O)N1CCc2c([nH]c3ccc(Cl)cc23)C1)Nc1ccccc1. The fraction of sp³-hybridized carbons (Fsp3) is 0.200. The highest BCUT2D eigenvalue weighted by molar-refractivity contribution is 6.31. The summed E-state index contributed by atoms with van der Waals surface area (Å²) < 4.78 is 0. The van der Waals surface area contributed by atoms with Crippen molar-refractivity contribution in [2.45, 2.75) is 13.0 Å². The fourth-order valence-corrected chi connectivity index (χ4v) is 3.55. The predicted octanol–water partition coefficient (Wildman–Crippen LogP) is 3.53. The number of halogens is 1. The topological polar surface area (TPSA) is 77.2 Å². The number of fused-ring (bicyclic) bond motifs is 3. The number of amides is 3. The molecule has 3 amide bonds. The number of H-pyrrole nitrogens is 1. The maximum Gasteiger partial charge on any atom is 0.318 e. The summed E-state index contributed by atoms with van der Waals surface area (Å²) in [4.78, 5) is 29.5. The lowest BCUT2D eigenvalue weighted by atomic mass is 10.0. The van der Waals surface area contributed by atoms with E-state index in [1.807, 2.05) is 36.4 Å². The van der Waals surface area contributed by atoms with E-state index in [0.29, 0.717) is 23.8 Å². The first kappa shape index (κ1) is 17.4. The number of aromatic nitrogens is 1. The van der Waals surface area contributed by atoms with E-state index in [1.165, 1.54) is 5.56 Å². The van der Waals surface area contributed by atoms with Crippen LogP contribution < -0.4 is 10.6 Å². The van der Waals surface area contributed by atoms with E-state index in [9.17, 15) is 9.59 Å². The van der Waals surface area contributed by atoms with E-state index in [1.54, 1.807) is 17.0 Å². The van der Waals surface area contributed by atoms with Crippen LogP contribution >= 0.6 is 11.6 Å². The van der Waals surface area contributed by atoms with Gasteiger partial charge in [-0.25, -0.2) is 4.79 Å². The molecule has 2 heterocycles. The van der Waals surface area contributed by atoms with Gasteiger partial charge in [-0.1, -0.05) is 29.8 Å². The van der Waals surface area contributed by atoms with Crippen LogP contribution in [0.2, 0.25) is 5.02 Å². The molecule has 0 spiro atoms. The third-order valence-electron chi connectivity index (χ3n) is 4.68. The van der Waals surface area contributed by atoms with Crippen LogP contribution in [0.15, 0.2) is 48.5 Å². The summed E-state index contributed by atoms with van der Waals surface area (Å²) in [6.07, 6.45) is 0.749. The first-order chi connectivity index (χ1) is 13.1. The summed E-state index contributed by atoms with van der Waals surface area (Å²) in [5.41, 5.74) is 3.95. The molecule has 0 radical (unpaired) electrons. The number of anilines is 1. The van der Waals surface area contributed by atoms with Gasteiger partial charge in [0.25, 0.3) is 0 Å². The van der Waals surface area contributed by atoms with Crippen LogP contribution in [-0.2, 0) is 17.8 Å². The Hall–Kier alpha value is -2.99. The van der Waals surface area contributed by atoms with Gasteiger partial charge < -0.3 is 20.5 Å². The second kappa shape index (κ2) is 7.32. The van der Waals surface area contributed by atoms with Gasteiger partial charge in [-0.3, -0.25) is 4.79 Å². The van der Waals surface area contributed by atoms with Gasteiger partial charge in [0.1, 0.15) is 0 Å². The summed E-state index contributed by atoms with van der Waals surface area (Å²) in [6.45, 7) is 1.01. The molecule has 0 aliphatic carbocycles. The number of benzene rings is 2. The third kappa shape index (κ3) is 3.75. The van der Waals surface area contributed by atoms with E-state index in [-0.39, 0.29) is 18.5 Å². The standard InChI is InChI=1S/C20H19ClN4O2/c21-13-6-7-17-16(10-13)15-8-9-25(12-18(15)24-17)20(27)22-11-19(26)23-14-4-2-1-3-5-14/h1-7,10,24H,8-9,11-12H2,(H,22,27)(H,23,26). The Bertz CT molecular complexity index is 1000. The molecule has 0 saturated heterocycles. The minimum atomic E-state index is -0.257. The van der Waals surface area contributed by atoms with Crippen LogP contribution in [0.1, 0.15) is 11.3 Å². The smallest absolute Gasteiger partial charge is 0.318 e. The molecule has 3 N–H and O–H groups in total. The number of para-hydroxylation sites is 1. The Morgan fingerprint density at radius 2 is 1.96 bits per heavy atom. The number of rotatable bonds is 3. The highest BCUT2D eigenvalue weighted by Gasteiger charge is 2.24. The van der Waals surface area contributed by atoms with E-state index in [0.717, 1.165) is 23.0 Å². The Morgan fingerprint density at radius 1 is 1.15 bits per heavy atom. The molecule has 0 saturated carbocycles. The summed E-state index contributed by atoms with van der Waals surface area (Å²) >= 11 is 6.10. The second-order valence-corrected chi connectivity index (χ2v) is 6.95. The Balaban J connectivity index is 1.36. The van der Waals surface area contributed by atoms with Gasteiger partial charge in [-0.05, 0) is 42.3 Å². The zero-order valence-electron chi connectivity index (χ0n) is 14.6. The van der Waals surface area contributed by atoms with Crippen molar-refractivity contribution in [1.29, 1.82) is 0 Å². The molecule has 1 aromatic heterocycles. The molecule has 0 fully saturated rings. The summed E-state index contributed by atoms with van der Waals surface area (Å²) in [7, 11) is 0. The molecule has 4 rings (SSSR count). The van der Waals surface area contributed by atoms with Crippen molar-refractivity contribution in [3.63, 3.8) is 0 Å². The number of hydrogen-bond donors (Lipinski definition) is 3. The van der Waals surface area contributed by atoms with E-state index in [4.69, 9.17) is 11.6 Å². The van der Waals surface area contributed by atoms with Crippen LogP contribution in [0.3, 0.4) is 0 Å². The summed E-state index contributed by atoms with van der Waals surface area (Å²) in [5, 5.41) is 7.25. The summed E-state index contributed by atoms with van der Waals surface area (Å²) in [6, 6.07) is 14.7. The molecule has 1 aliphatic rings. The highest BCUT2D eigenvalue weighted by Crippen LogP contribution is 2.29. The first-order valence-electron chi connectivity index (χ1n) is 8.77. The molecule has 6 nitrogen and oxygen atoms in total. The number of nitrogens with zero attached hydrogens (tertiary/aromatic N) is 1. The lowest BCUT2D eigenvalue weighted by molar-refractivity contribution is -0.115. The molecule has 0 bridgehead atoms. The van der Waals surface area contributed by atoms with Gasteiger partial charge in [0, 0.05) is 33.9 Å². The molecular weight excluding hydrogens is 364 g/mol. The van der Waals surface area contributed by atoms with Gasteiger partial charge in [0.2, 0.25) is 5.91 Å². The van der Waals surface area contributed by atoms with Crippen molar-refractivity contribution in [2.75, 3.05) is 18.4 Å². The van der Waals surface area contributed by atoms with Gasteiger partial charge in [-0.2, -0.15) is 0 Å². The Morgan fingerprint density at radius 3 is 2.78 bits per heavy atom. The van der Waals surface area contributed by atoms with E-state index < -0.39 is 0 Å².